The summed E-state index contributed by atoms with van der Waals surface area (Å²) < 4.78 is 10.9. The Hall–Kier alpha value is -0.590. The zero-order valence-corrected chi connectivity index (χ0v) is 15.5. The highest BCUT2D eigenvalue weighted by atomic mass is 32.2. The molecule has 2 aliphatic heterocycles. The Bertz CT molecular complexity index is 662. The monoisotopic (exact) mass is 362 g/mol. The minimum Gasteiger partial charge on any atom is -0.358 e. The number of epoxide rings is 2. The van der Waals surface area contributed by atoms with E-state index in [1.165, 1.54) is 19.6 Å². The van der Waals surface area contributed by atoms with Gasteiger partial charge in [0.2, 0.25) is 0 Å². The van der Waals surface area contributed by atoms with E-state index in [2.05, 4.69) is 62.4 Å². The fourth-order valence-electron chi connectivity index (χ4n) is 2.16. The SMILES string of the molecule is CC1(Sc2cccc(Sc3cccc(SC4(C)CO4)c3)c2)CO1. The van der Waals surface area contributed by atoms with Crippen molar-refractivity contribution in [1.82, 2.24) is 0 Å². The van der Waals surface area contributed by atoms with Gasteiger partial charge in [0, 0.05) is 19.6 Å². The summed E-state index contributed by atoms with van der Waals surface area (Å²) in [6, 6.07) is 17.4. The third-order valence-corrected chi connectivity index (χ3v) is 6.91. The van der Waals surface area contributed by atoms with Gasteiger partial charge in [-0.25, -0.2) is 0 Å². The Morgan fingerprint density at radius 3 is 1.52 bits per heavy atom. The fraction of sp³-hybridized carbons (Fsp3) is 0.333. The van der Waals surface area contributed by atoms with Crippen LogP contribution in [0.5, 0.6) is 0 Å². The first-order valence-corrected chi connectivity index (χ1v) is 10.0. The van der Waals surface area contributed by atoms with Crippen molar-refractivity contribution in [2.75, 3.05) is 13.2 Å². The minimum atomic E-state index is -0.0143. The molecule has 0 amide bonds. The van der Waals surface area contributed by atoms with E-state index in [1.54, 1.807) is 35.3 Å². The van der Waals surface area contributed by atoms with E-state index in [0.29, 0.717) is 0 Å². The van der Waals surface area contributed by atoms with Crippen LogP contribution in [0, 0.1) is 0 Å². The van der Waals surface area contributed by atoms with E-state index < -0.39 is 0 Å². The average molecular weight is 363 g/mol. The van der Waals surface area contributed by atoms with Crippen molar-refractivity contribution in [3.63, 3.8) is 0 Å². The molecule has 0 spiro atoms. The molecule has 2 aromatic carbocycles. The van der Waals surface area contributed by atoms with Crippen molar-refractivity contribution in [2.24, 2.45) is 0 Å². The minimum absolute atomic E-state index is 0.0143. The highest BCUT2D eigenvalue weighted by molar-refractivity contribution is 8.01. The number of hydrogen-bond acceptors (Lipinski definition) is 5. The van der Waals surface area contributed by atoms with Gasteiger partial charge in [0.25, 0.3) is 0 Å². The summed E-state index contributed by atoms with van der Waals surface area (Å²) in [5.41, 5.74) is 0. The van der Waals surface area contributed by atoms with Gasteiger partial charge in [-0.15, -0.1) is 0 Å². The zero-order valence-electron chi connectivity index (χ0n) is 13.1. The van der Waals surface area contributed by atoms with Crippen molar-refractivity contribution in [1.29, 1.82) is 0 Å². The van der Waals surface area contributed by atoms with Gasteiger partial charge in [0.05, 0.1) is 13.2 Å². The van der Waals surface area contributed by atoms with Crippen LogP contribution < -0.4 is 0 Å². The van der Waals surface area contributed by atoms with Crippen LogP contribution >= 0.6 is 35.3 Å². The molecule has 4 rings (SSSR count). The Morgan fingerprint density at radius 1 is 0.739 bits per heavy atom. The Labute approximate surface area is 149 Å². The molecule has 5 heteroatoms. The maximum atomic E-state index is 5.47. The predicted molar refractivity (Wildman–Crippen MR) is 97.4 cm³/mol. The Kier molecular flexibility index (Phi) is 4.18. The van der Waals surface area contributed by atoms with Crippen LogP contribution in [0.25, 0.3) is 0 Å². The van der Waals surface area contributed by atoms with Gasteiger partial charge in [-0.3, -0.25) is 0 Å². The molecule has 0 N–H and O–H groups in total. The summed E-state index contributed by atoms with van der Waals surface area (Å²) in [6.07, 6.45) is 0. The predicted octanol–water partition coefficient (Wildman–Crippen LogP) is 5.51. The lowest BCUT2D eigenvalue weighted by Crippen LogP contribution is -1.95. The molecule has 0 aliphatic carbocycles. The topological polar surface area (TPSA) is 25.1 Å². The number of hydrogen-bond donors (Lipinski definition) is 0. The Morgan fingerprint density at radius 2 is 1.13 bits per heavy atom. The van der Waals surface area contributed by atoms with Crippen LogP contribution in [0.4, 0.5) is 0 Å². The molecule has 2 aliphatic rings. The third kappa shape index (κ3) is 4.28. The summed E-state index contributed by atoms with van der Waals surface area (Å²) in [6.45, 7) is 5.96. The van der Waals surface area contributed by atoms with Crippen LogP contribution in [0.15, 0.2) is 68.1 Å². The quantitative estimate of drug-likeness (QED) is 0.631. The van der Waals surface area contributed by atoms with Crippen molar-refractivity contribution >= 4 is 35.3 Å². The number of rotatable bonds is 6. The van der Waals surface area contributed by atoms with E-state index in [-0.39, 0.29) is 9.87 Å². The highest BCUT2D eigenvalue weighted by Gasteiger charge is 2.41. The fourth-order valence-corrected chi connectivity index (χ4v) is 5.26. The van der Waals surface area contributed by atoms with Gasteiger partial charge in [-0.05, 0) is 50.2 Å². The molecule has 0 radical (unpaired) electrons. The highest BCUT2D eigenvalue weighted by Crippen LogP contribution is 2.46. The van der Waals surface area contributed by atoms with Crippen LogP contribution in [0.3, 0.4) is 0 Å². The second kappa shape index (κ2) is 6.05. The second-order valence-corrected chi connectivity index (χ2v) is 10.3. The molecule has 2 nitrogen and oxygen atoms in total. The Balaban J connectivity index is 1.47. The van der Waals surface area contributed by atoms with E-state index in [9.17, 15) is 0 Å². The maximum absolute atomic E-state index is 5.47. The van der Waals surface area contributed by atoms with Gasteiger partial charge >= 0.3 is 0 Å². The molecule has 23 heavy (non-hydrogen) atoms. The molecule has 0 bridgehead atoms. The summed E-state index contributed by atoms with van der Waals surface area (Å²) in [5.74, 6) is 0. The first kappa shape index (κ1) is 15.9. The van der Waals surface area contributed by atoms with Crippen LogP contribution in [0.2, 0.25) is 0 Å². The van der Waals surface area contributed by atoms with Gasteiger partial charge < -0.3 is 9.47 Å². The van der Waals surface area contributed by atoms with E-state index in [1.807, 2.05) is 0 Å². The summed E-state index contributed by atoms with van der Waals surface area (Å²) in [5, 5.41) is 0. The normalized spacial score (nSPS) is 28.6. The van der Waals surface area contributed by atoms with Crippen LogP contribution in [-0.4, -0.2) is 23.1 Å². The number of thioether (sulfide) groups is 2. The first-order chi connectivity index (χ1) is 11.0. The van der Waals surface area contributed by atoms with Crippen molar-refractivity contribution in [3.05, 3.63) is 48.5 Å². The number of benzene rings is 2. The molecule has 2 aromatic rings. The zero-order chi connectivity index (χ0) is 15.9. The van der Waals surface area contributed by atoms with E-state index in [0.717, 1.165) is 13.2 Å². The molecule has 2 fully saturated rings. The van der Waals surface area contributed by atoms with Crippen LogP contribution in [0.1, 0.15) is 13.8 Å². The molecule has 2 heterocycles. The van der Waals surface area contributed by atoms with Gasteiger partial charge in [-0.1, -0.05) is 47.4 Å². The van der Waals surface area contributed by atoms with Crippen molar-refractivity contribution in [3.8, 4) is 0 Å². The van der Waals surface area contributed by atoms with Gasteiger partial charge in [0.1, 0.15) is 9.87 Å². The van der Waals surface area contributed by atoms with E-state index in [4.69, 9.17) is 9.47 Å². The lowest BCUT2D eigenvalue weighted by molar-refractivity contribution is 0.401. The molecule has 2 saturated heterocycles. The van der Waals surface area contributed by atoms with E-state index >= 15 is 0 Å². The van der Waals surface area contributed by atoms with Crippen molar-refractivity contribution < 1.29 is 9.47 Å². The van der Waals surface area contributed by atoms with Gasteiger partial charge in [-0.2, -0.15) is 0 Å². The second-order valence-electron chi connectivity index (χ2n) is 6.10. The lowest BCUT2D eigenvalue weighted by atomic mass is 10.4. The molecular formula is C18H18O2S3. The molecule has 0 aromatic heterocycles. The van der Waals surface area contributed by atoms with Crippen molar-refractivity contribution in [2.45, 2.75) is 43.3 Å². The summed E-state index contributed by atoms with van der Waals surface area (Å²) >= 11 is 5.40. The standard InChI is InChI=1S/C18H18O2S3/c1-17(11-19-17)22-15-7-3-5-13(9-15)21-14-6-4-8-16(10-14)23-18(2)12-20-18/h3-10H,11-12H2,1-2H3. The molecular weight excluding hydrogens is 344 g/mol. The third-order valence-electron chi connectivity index (χ3n) is 3.62. The number of ether oxygens (including phenoxy) is 2. The van der Waals surface area contributed by atoms with Gasteiger partial charge in [0.15, 0.2) is 0 Å². The lowest BCUT2D eigenvalue weighted by Gasteiger charge is -2.09. The smallest absolute Gasteiger partial charge is 0.138 e. The largest absolute Gasteiger partial charge is 0.358 e. The summed E-state index contributed by atoms with van der Waals surface area (Å²) in [4.78, 5) is 5.02. The first-order valence-electron chi connectivity index (χ1n) is 7.56. The molecule has 120 valence electrons. The average Bonchev–Trinajstić information content (AvgIpc) is 3.40. The maximum Gasteiger partial charge on any atom is 0.138 e. The van der Waals surface area contributed by atoms with Crippen LogP contribution in [-0.2, 0) is 9.47 Å². The molecule has 2 unspecified atom stereocenters. The molecule has 0 saturated carbocycles. The molecule has 2 atom stereocenters. The summed E-state index contributed by atoms with van der Waals surface area (Å²) in [7, 11) is 0.